The van der Waals surface area contributed by atoms with E-state index in [0.717, 1.165) is 15.8 Å². The molecule has 0 saturated carbocycles. The van der Waals surface area contributed by atoms with Gasteiger partial charge in [-0.2, -0.15) is 0 Å². The summed E-state index contributed by atoms with van der Waals surface area (Å²) in [6, 6.07) is 5.76. The summed E-state index contributed by atoms with van der Waals surface area (Å²) < 4.78 is 6.54. The molecule has 1 aromatic carbocycles. The monoisotopic (exact) mass is 285 g/mol. The molecule has 0 aliphatic heterocycles. The van der Waals surface area contributed by atoms with Gasteiger partial charge in [-0.15, -0.1) is 0 Å². The fraction of sp³-hybridized carbons (Fsp3) is 0.417. The third kappa shape index (κ3) is 3.52. The zero-order chi connectivity index (χ0) is 12.1. The van der Waals surface area contributed by atoms with Crippen molar-refractivity contribution in [2.75, 3.05) is 6.54 Å². The molecular weight excluding hydrogens is 270 g/mol. The summed E-state index contributed by atoms with van der Waals surface area (Å²) in [6.45, 7) is 6.19. The molecule has 0 bridgehead atoms. The van der Waals surface area contributed by atoms with Gasteiger partial charge in [0.15, 0.2) is 6.10 Å². The number of hydrogen-bond donors (Lipinski definition) is 1. The minimum Gasteiger partial charge on any atom is -0.481 e. The van der Waals surface area contributed by atoms with Crippen LogP contribution in [0.2, 0.25) is 0 Å². The zero-order valence-corrected chi connectivity index (χ0v) is 11.3. The molecule has 1 atom stereocenters. The van der Waals surface area contributed by atoms with E-state index in [4.69, 9.17) is 4.74 Å². The summed E-state index contributed by atoms with van der Waals surface area (Å²) in [4.78, 5) is 11.5. The molecule has 1 N–H and O–H groups in total. The van der Waals surface area contributed by atoms with Gasteiger partial charge in [0, 0.05) is 11.0 Å². The number of rotatable bonds is 4. The predicted octanol–water partition coefficient (Wildman–Crippen LogP) is 2.66. The van der Waals surface area contributed by atoms with Gasteiger partial charge in [-0.05, 0) is 38.5 Å². The van der Waals surface area contributed by atoms with E-state index in [0.29, 0.717) is 6.54 Å². The fourth-order valence-electron chi connectivity index (χ4n) is 1.26. The maximum absolute atomic E-state index is 11.5. The summed E-state index contributed by atoms with van der Waals surface area (Å²) in [6.07, 6.45) is -0.479. The van der Waals surface area contributed by atoms with E-state index >= 15 is 0 Å². The van der Waals surface area contributed by atoms with Gasteiger partial charge < -0.3 is 10.1 Å². The highest BCUT2D eigenvalue weighted by Gasteiger charge is 2.14. The van der Waals surface area contributed by atoms with Gasteiger partial charge in [0.25, 0.3) is 5.91 Å². The van der Waals surface area contributed by atoms with Crippen LogP contribution in [0.3, 0.4) is 0 Å². The largest absolute Gasteiger partial charge is 0.481 e. The molecule has 1 amide bonds. The summed E-state index contributed by atoms with van der Waals surface area (Å²) in [5, 5.41) is 2.72. The van der Waals surface area contributed by atoms with Crippen LogP contribution in [-0.2, 0) is 4.79 Å². The van der Waals surface area contributed by atoms with Gasteiger partial charge in [0.05, 0.1) is 0 Å². The molecule has 1 aromatic rings. The van der Waals surface area contributed by atoms with Gasteiger partial charge in [-0.1, -0.05) is 22.0 Å². The number of halogens is 1. The van der Waals surface area contributed by atoms with Crippen LogP contribution in [0.5, 0.6) is 5.75 Å². The van der Waals surface area contributed by atoms with Crippen LogP contribution in [0.15, 0.2) is 22.7 Å². The number of amides is 1. The first kappa shape index (κ1) is 13.0. The predicted molar refractivity (Wildman–Crippen MR) is 67.7 cm³/mol. The second-order valence-electron chi connectivity index (χ2n) is 3.56. The van der Waals surface area contributed by atoms with E-state index in [1.54, 1.807) is 6.92 Å². The first-order valence-electron chi connectivity index (χ1n) is 5.25. The SMILES string of the molecule is CCNC(=O)C(C)Oc1cc(Br)ccc1C. The molecule has 0 heterocycles. The molecule has 88 valence electrons. The number of benzene rings is 1. The fourth-order valence-corrected chi connectivity index (χ4v) is 1.60. The average Bonchev–Trinajstić information content (AvgIpc) is 2.23. The average molecular weight is 286 g/mol. The smallest absolute Gasteiger partial charge is 0.260 e. The third-order valence-electron chi connectivity index (χ3n) is 2.17. The van der Waals surface area contributed by atoms with Crippen molar-refractivity contribution in [3.63, 3.8) is 0 Å². The number of nitrogens with one attached hydrogen (secondary N) is 1. The Morgan fingerprint density at radius 2 is 2.25 bits per heavy atom. The molecule has 16 heavy (non-hydrogen) atoms. The number of carbonyl (C=O) groups is 1. The Kier molecular flexibility index (Phi) is 4.80. The summed E-state index contributed by atoms with van der Waals surface area (Å²) >= 11 is 3.37. The quantitative estimate of drug-likeness (QED) is 0.924. The molecule has 0 radical (unpaired) electrons. The molecule has 1 unspecified atom stereocenters. The minimum absolute atomic E-state index is 0.0955. The van der Waals surface area contributed by atoms with Crippen molar-refractivity contribution in [2.45, 2.75) is 26.9 Å². The van der Waals surface area contributed by atoms with Crippen molar-refractivity contribution in [3.05, 3.63) is 28.2 Å². The van der Waals surface area contributed by atoms with Crippen LogP contribution in [0.4, 0.5) is 0 Å². The Hall–Kier alpha value is -1.03. The van der Waals surface area contributed by atoms with Crippen molar-refractivity contribution >= 4 is 21.8 Å². The Morgan fingerprint density at radius 3 is 2.88 bits per heavy atom. The van der Waals surface area contributed by atoms with E-state index < -0.39 is 6.10 Å². The third-order valence-corrected chi connectivity index (χ3v) is 2.67. The summed E-state index contributed by atoms with van der Waals surface area (Å²) in [5.41, 5.74) is 1.01. The van der Waals surface area contributed by atoms with Crippen LogP contribution in [-0.4, -0.2) is 18.6 Å². The second kappa shape index (κ2) is 5.89. The van der Waals surface area contributed by atoms with Crippen LogP contribution >= 0.6 is 15.9 Å². The molecule has 0 aliphatic rings. The Bertz CT molecular complexity index is 379. The second-order valence-corrected chi connectivity index (χ2v) is 4.48. The Morgan fingerprint density at radius 1 is 1.56 bits per heavy atom. The van der Waals surface area contributed by atoms with Crippen LogP contribution in [0.25, 0.3) is 0 Å². The maximum Gasteiger partial charge on any atom is 0.260 e. The lowest BCUT2D eigenvalue weighted by atomic mass is 10.2. The van der Waals surface area contributed by atoms with Gasteiger partial charge in [0.1, 0.15) is 5.75 Å². The molecular formula is C12H16BrNO2. The molecule has 0 fully saturated rings. The van der Waals surface area contributed by atoms with Crippen LogP contribution < -0.4 is 10.1 Å². The van der Waals surface area contributed by atoms with Crippen LogP contribution in [0, 0.1) is 6.92 Å². The van der Waals surface area contributed by atoms with E-state index in [1.807, 2.05) is 32.0 Å². The van der Waals surface area contributed by atoms with E-state index in [1.165, 1.54) is 0 Å². The van der Waals surface area contributed by atoms with Gasteiger partial charge >= 0.3 is 0 Å². The minimum atomic E-state index is -0.479. The summed E-state index contributed by atoms with van der Waals surface area (Å²) in [5.74, 6) is 0.634. The Balaban J connectivity index is 2.72. The molecule has 0 spiro atoms. The molecule has 0 saturated heterocycles. The normalized spacial score (nSPS) is 12.0. The lowest BCUT2D eigenvalue weighted by Crippen LogP contribution is -2.36. The zero-order valence-electron chi connectivity index (χ0n) is 9.71. The van der Waals surface area contributed by atoms with Gasteiger partial charge in [0.2, 0.25) is 0 Å². The first-order valence-corrected chi connectivity index (χ1v) is 6.04. The highest BCUT2D eigenvalue weighted by molar-refractivity contribution is 9.10. The van der Waals surface area contributed by atoms with Crippen molar-refractivity contribution in [3.8, 4) is 5.75 Å². The van der Waals surface area contributed by atoms with Crippen molar-refractivity contribution in [2.24, 2.45) is 0 Å². The first-order chi connectivity index (χ1) is 7.54. The molecule has 0 aromatic heterocycles. The molecule has 1 rings (SSSR count). The summed E-state index contributed by atoms with van der Waals surface area (Å²) in [7, 11) is 0. The number of ether oxygens (including phenoxy) is 1. The van der Waals surface area contributed by atoms with E-state index in [-0.39, 0.29) is 5.91 Å². The lowest BCUT2D eigenvalue weighted by molar-refractivity contribution is -0.127. The van der Waals surface area contributed by atoms with Gasteiger partial charge in [-0.3, -0.25) is 4.79 Å². The van der Waals surface area contributed by atoms with Crippen molar-refractivity contribution < 1.29 is 9.53 Å². The molecule has 3 nitrogen and oxygen atoms in total. The van der Waals surface area contributed by atoms with Crippen LogP contribution in [0.1, 0.15) is 19.4 Å². The molecule has 0 aliphatic carbocycles. The van der Waals surface area contributed by atoms with E-state index in [2.05, 4.69) is 21.2 Å². The topological polar surface area (TPSA) is 38.3 Å². The number of likely N-dealkylation sites (N-methyl/N-ethyl adjacent to an activating group) is 1. The van der Waals surface area contributed by atoms with Gasteiger partial charge in [-0.25, -0.2) is 0 Å². The Labute approximate surface area is 104 Å². The highest BCUT2D eigenvalue weighted by atomic mass is 79.9. The lowest BCUT2D eigenvalue weighted by Gasteiger charge is -2.15. The number of carbonyl (C=O) groups excluding carboxylic acids is 1. The van der Waals surface area contributed by atoms with E-state index in [9.17, 15) is 4.79 Å². The van der Waals surface area contributed by atoms with Crippen molar-refractivity contribution in [1.82, 2.24) is 5.32 Å². The number of aryl methyl sites for hydroxylation is 1. The highest BCUT2D eigenvalue weighted by Crippen LogP contribution is 2.23. The van der Waals surface area contributed by atoms with Crippen molar-refractivity contribution in [1.29, 1.82) is 0 Å². The maximum atomic E-state index is 11.5. The standard InChI is InChI=1S/C12H16BrNO2/c1-4-14-12(15)9(3)16-11-7-10(13)6-5-8(11)2/h5-7,9H,4H2,1-3H3,(H,14,15). The molecule has 4 heteroatoms. The number of hydrogen-bond acceptors (Lipinski definition) is 2.